The summed E-state index contributed by atoms with van der Waals surface area (Å²) in [7, 11) is 1.50. The molecule has 2 aromatic carbocycles. The average Bonchev–Trinajstić information content (AvgIpc) is 2.58. The van der Waals surface area contributed by atoms with E-state index in [1.165, 1.54) is 13.2 Å². The molecule has 0 aliphatic carbocycles. The lowest BCUT2D eigenvalue weighted by molar-refractivity contribution is -0.127. The Bertz CT molecular complexity index is 781. The molecule has 0 aliphatic rings. The Morgan fingerprint density at radius 1 is 1.16 bits per heavy atom. The van der Waals surface area contributed by atoms with Gasteiger partial charge in [-0.15, -0.1) is 0 Å². The molecule has 0 fully saturated rings. The van der Waals surface area contributed by atoms with Crippen LogP contribution in [-0.2, 0) is 22.4 Å². The minimum Gasteiger partial charge on any atom is -0.496 e. The summed E-state index contributed by atoms with van der Waals surface area (Å²) in [6.45, 7) is 0. The number of methoxy groups -OCH3 is 1. The molecule has 0 unspecified atom stereocenters. The maximum absolute atomic E-state index is 13.2. The molecule has 0 bridgehead atoms. The Labute approximate surface area is 143 Å². The lowest BCUT2D eigenvalue weighted by atomic mass is 10.0. The number of carbonyl (C=O) groups is 2. The van der Waals surface area contributed by atoms with Gasteiger partial charge in [0.05, 0.1) is 13.5 Å². The van der Waals surface area contributed by atoms with Crippen molar-refractivity contribution >= 4 is 11.8 Å². The first kappa shape index (κ1) is 18.4. The molecular weight excluding hydrogens is 330 g/mol. The van der Waals surface area contributed by atoms with E-state index in [4.69, 9.17) is 10.5 Å². The normalized spacial score (nSPS) is 11.6. The molecule has 2 aromatic rings. The van der Waals surface area contributed by atoms with Gasteiger partial charge in [-0.3, -0.25) is 9.59 Å². The molecule has 25 heavy (non-hydrogen) atoms. The van der Waals surface area contributed by atoms with E-state index in [1.54, 1.807) is 24.3 Å². The Balaban J connectivity index is 2.06. The van der Waals surface area contributed by atoms with Gasteiger partial charge in [0, 0.05) is 6.42 Å². The third-order valence-corrected chi connectivity index (χ3v) is 3.64. The van der Waals surface area contributed by atoms with Crippen LogP contribution in [0.5, 0.6) is 5.75 Å². The highest BCUT2D eigenvalue weighted by molar-refractivity contribution is 5.87. The Morgan fingerprint density at radius 2 is 1.88 bits per heavy atom. The van der Waals surface area contributed by atoms with E-state index in [2.05, 4.69) is 5.32 Å². The van der Waals surface area contributed by atoms with Gasteiger partial charge >= 0.3 is 0 Å². The molecule has 0 saturated heterocycles. The quantitative estimate of drug-likeness (QED) is 0.800. The number of benzene rings is 2. The van der Waals surface area contributed by atoms with Crippen LogP contribution < -0.4 is 15.8 Å². The van der Waals surface area contributed by atoms with Gasteiger partial charge in [0.25, 0.3) is 0 Å². The summed E-state index contributed by atoms with van der Waals surface area (Å²) < 4.78 is 31.3. The monoisotopic (exact) mass is 348 g/mol. The van der Waals surface area contributed by atoms with Crippen LogP contribution in [0.1, 0.15) is 11.1 Å². The number of amides is 2. The Hall–Kier alpha value is -2.96. The molecule has 0 aliphatic heterocycles. The highest BCUT2D eigenvalue weighted by Crippen LogP contribution is 2.19. The van der Waals surface area contributed by atoms with Gasteiger partial charge < -0.3 is 15.8 Å². The summed E-state index contributed by atoms with van der Waals surface area (Å²) in [6, 6.07) is 9.29. The summed E-state index contributed by atoms with van der Waals surface area (Å²) in [6.07, 6.45) is -0.0459. The fourth-order valence-corrected chi connectivity index (χ4v) is 2.39. The van der Waals surface area contributed by atoms with Crippen molar-refractivity contribution in [1.29, 1.82) is 0 Å². The maximum Gasteiger partial charge on any atom is 0.240 e. The van der Waals surface area contributed by atoms with Gasteiger partial charge in [-0.1, -0.05) is 24.3 Å². The molecule has 0 heterocycles. The minimum absolute atomic E-state index is 0.156. The van der Waals surface area contributed by atoms with E-state index < -0.39 is 29.5 Å². The highest BCUT2D eigenvalue weighted by Gasteiger charge is 2.20. The number of rotatable bonds is 7. The molecule has 0 aromatic heterocycles. The number of carbonyl (C=O) groups excluding carboxylic acids is 2. The second kappa shape index (κ2) is 8.23. The van der Waals surface area contributed by atoms with Gasteiger partial charge in [-0.2, -0.15) is 0 Å². The van der Waals surface area contributed by atoms with Crippen molar-refractivity contribution < 1.29 is 23.1 Å². The number of nitrogens with two attached hydrogens (primary N) is 1. The largest absolute Gasteiger partial charge is 0.496 e. The number of halogens is 2. The van der Waals surface area contributed by atoms with Gasteiger partial charge in [-0.05, 0) is 29.3 Å². The molecule has 5 nitrogen and oxygen atoms in total. The minimum atomic E-state index is -1.04. The van der Waals surface area contributed by atoms with Crippen LogP contribution in [0.4, 0.5) is 8.78 Å². The molecule has 132 valence electrons. The summed E-state index contributed by atoms with van der Waals surface area (Å²) >= 11 is 0. The van der Waals surface area contributed by atoms with E-state index in [9.17, 15) is 18.4 Å². The van der Waals surface area contributed by atoms with E-state index in [0.29, 0.717) is 11.3 Å². The van der Waals surface area contributed by atoms with Gasteiger partial charge in [0.2, 0.25) is 11.8 Å². The first-order chi connectivity index (χ1) is 11.9. The van der Waals surface area contributed by atoms with Gasteiger partial charge in [-0.25, -0.2) is 8.78 Å². The van der Waals surface area contributed by atoms with Crippen LogP contribution in [0.25, 0.3) is 0 Å². The molecule has 2 rings (SSSR count). The van der Waals surface area contributed by atoms with Crippen molar-refractivity contribution in [2.24, 2.45) is 5.73 Å². The summed E-state index contributed by atoms with van der Waals surface area (Å²) in [5.74, 6) is -2.68. The molecule has 0 radical (unpaired) electrons. The fraction of sp³-hybridized carbons (Fsp3) is 0.222. The SMILES string of the molecule is COc1ccccc1C[C@H](NC(=O)Cc1ccc(F)c(F)c1)C(N)=O. The van der Waals surface area contributed by atoms with E-state index >= 15 is 0 Å². The van der Waals surface area contributed by atoms with Gasteiger partial charge in [0.1, 0.15) is 11.8 Å². The van der Waals surface area contributed by atoms with Crippen LogP contribution in [0.2, 0.25) is 0 Å². The van der Waals surface area contributed by atoms with E-state index in [-0.39, 0.29) is 18.4 Å². The lowest BCUT2D eigenvalue weighted by Gasteiger charge is -2.17. The number of hydrogen-bond donors (Lipinski definition) is 2. The molecular formula is C18H18F2N2O3. The number of ether oxygens (including phenoxy) is 1. The number of nitrogens with one attached hydrogen (secondary N) is 1. The summed E-state index contributed by atoms with van der Waals surface area (Å²) in [5.41, 5.74) is 6.36. The van der Waals surface area contributed by atoms with Crippen LogP contribution >= 0.6 is 0 Å². The molecule has 1 atom stereocenters. The number of hydrogen-bond acceptors (Lipinski definition) is 3. The predicted molar refractivity (Wildman–Crippen MR) is 87.9 cm³/mol. The molecule has 0 spiro atoms. The summed E-state index contributed by atoms with van der Waals surface area (Å²) in [5, 5.41) is 2.51. The zero-order valence-electron chi connectivity index (χ0n) is 13.6. The zero-order chi connectivity index (χ0) is 18.4. The van der Waals surface area contributed by atoms with Crippen molar-refractivity contribution in [2.45, 2.75) is 18.9 Å². The van der Waals surface area contributed by atoms with Crippen molar-refractivity contribution in [2.75, 3.05) is 7.11 Å². The van der Waals surface area contributed by atoms with Crippen LogP contribution in [0.3, 0.4) is 0 Å². The van der Waals surface area contributed by atoms with Crippen LogP contribution in [0, 0.1) is 11.6 Å². The third-order valence-electron chi connectivity index (χ3n) is 3.64. The topological polar surface area (TPSA) is 81.4 Å². The molecule has 0 saturated carbocycles. The standard InChI is InChI=1S/C18H18F2N2O3/c1-25-16-5-3-2-4-12(16)10-15(18(21)24)22-17(23)9-11-6-7-13(19)14(20)8-11/h2-8,15H,9-10H2,1H3,(H2,21,24)(H,22,23)/t15-/m0/s1. The Morgan fingerprint density at radius 3 is 2.52 bits per heavy atom. The lowest BCUT2D eigenvalue weighted by Crippen LogP contribution is -2.46. The fourth-order valence-electron chi connectivity index (χ4n) is 2.39. The van der Waals surface area contributed by atoms with Crippen molar-refractivity contribution in [1.82, 2.24) is 5.32 Å². The van der Waals surface area contributed by atoms with E-state index in [0.717, 1.165) is 12.1 Å². The first-order valence-corrected chi connectivity index (χ1v) is 7.55. The Kier molecular flexibility index (Phi) is 6.05. The maximum atomic E-state index is 13.2. The van der Waals surface area contributed by atoms with Crippen LogP contribution in [-0.4, -0.2) is 25.0 Å². The highest BCUT2D eigenvalue weighted by atomic mass is 19.2. The summed E-state index contributed by atoms with van der Waals surface area (Å²) in [4.78, 5) is 23.7. The third kappa shape index (κ3) is 5.00. The average molecular weight is 348 g/mol. The first-order valence-electron chi connectivity index (χ1n) is 7.55. The van der Waals surface area contributed by atoms with Gasteiger partial charge in [0.15, 0.2) is 11.6 Å². The second-order valence-corrected chi connectivity index (χ2v) is 5.46. The predicted octanol–water partition coefficient (Wildman–Crippen LogP) is 1.73. The second-order valence-electron chi connectivity index (χ2n) is 5.46. The van der Waals surface area contributed by atoms with Crippen molar-refractivity contribution in [3.63, 3.8) is 0 Å². The smallest absolute Gasteiger partial charge is 0.240 e. The van der Waals surface area contributed by atoms with Crippen molar-refractivity contribution in [3.8, 4) is 5.75 Å². The van der Waals surface area contributed by atoms with Crippen molar-refractivity contribution in [3.05, 3.63) is 65.2 Å². The molecule has 7 heteroatoms. The van der Waals surface area contributed by atoms with Crippen LogP contribution in [0.15, 0.2) is 42.5 Å². The number of para-hydroxylation sites is 1. The van der Waals surface area contributed by atoms with E-state index in [1.807, 2.05) is 0 Å². The molecule has 2 amide bonds. The number of primary amides is 1. The molecule has 3 N–H and O–H groups in total. The zero-order valence-corrected chi connectivity index (χ0v) is 13.6.